The molecule has 52 heavy (non-hydrogen) atoms. The molecule has 0 aromatic heterocycles. The monoisotopic (exact) mass is 770 g/mol. The highest BCUT2D eigenvalue weighted by Crippen LogP contribution is 2.36. The van der Waals surface area contributed by atoms with Crippen LogP contribution in [0.25, 0.3) is 32.3 Å². The van der Waals surface area contributed by atoms with Crippen LogP contribution in [0.2, 0.25) is 0 Å². The van der Waals surface area contributed by atoms with Gasteiger partial charge in [0.2, 0.25) is 0 Å². The van der Waals surface area contributed by atoms with Crippen molar-refractivity contribution in [2.24, 2.45) is 0 Å². The van der Waals surface area contributed by atoms with Crippen molar-refractivity contribution in [2.45, 2.75) is 0 Å². The molecule has 0 saturated carbocycles. The van der Waals surface area contributed by atoms with Crippen LogP contribution < -0.4 is 16.4 Å². The van der Waals surface area contributed by atoms with Crippen LogP contribution in [0.3, 0.4) is 0 Å². The lowest BCUT2D eigenvalue weighted by molar-refractivity contribution is 0.411. The van der Waals surface area contributed by atoms with Crippen LogP contribution in [0.4, 0.5) is 92.2 Å². The Balaban J connectivity index is 2.10. The van der Waals surface area contributed by atoms with Crippen molar-refractivity contribution in [1.29, 1.82) is 0 Å². The molecule has 6 rings (SSSR count). The summed E-state index contributed by atoms with van der Waals surface area (Å²) in [6.07, 6.45) is 0. The van der Waals surface area contributed by atoms with E-state index in [1.54, 1.807) is 0 Å². The molecule has 0 bridgehead atoms. The van der Waals surface area contributed by atoms with Gasteiger partial charge in [0.15, 0.2) is 122 Å². The molecule has 270 valence electrons. The minimum absolute atomic E-state index is 2.66. The van der Waals surface area contributed by atoms with Gasteiger partial charge in [0.05, 0.1) is 16.2 Å². The SMILES string of the molecule is Fc1c(F)c(F)c2c(B(c3c(F)c(F)c(F)c4c(F)c(F)c(F)c(F)c34)c3c(F)c(F)c(F)c4c(F)c(F)c(F)c(F)c34)c(F)c(F)c(F)c2c1F. The molecular formula is C30BF21. The van der Waals surface area contributed by atoms with Gasteiger partial charge in [0.25, 0.3) is 6.71 Å². The van der Waals surface area contributed by atoms with E-state index in [1.165, 1.54) is 0 Å². The second-order valence-corrected chi connectivity index (χ2v) is 10.5. The molecule has 0 aliphatic carbocycles. The average molecular weight is 770 g/mol. The van der Waals surface area contributed by atoms with Crippen LogP contribution in [-0.4, -0.2) is 6.71 Å². The second-order valence-electron chi connectivity index (χ2n) is 10.5. The normalized spacial score (nSPS) is 11.9. The molecule has 0 nitrogen and oxygen atoms in total. The molecule has 0 atom stereocenters. The van der Waals surface area contributed by atoms with Gasteiger partial charge in [-0.05, 0) is 16.4 Å². The Bertz CT molecular complexity index is 2340. The third kappa shape index (κ3) is 4.44. The van der Waals surface area contributed by atoms with Crippen molar-refractivity contribution < 1.29 is 92.2 Å². The van der Waals surface area contributed by atoms with E-state index in [2.05, 4.69) is 0 Å². The maximum Gasteiger partial charge on any atom is 0.255 e. The van der Waals surface area contributed by atoms with Crippen LogP contribution in [0.5, 0.6) is 0 Å². The van der Waals surface area contributed by atoms with Crippen molar-refractivity contribution in [3.8, 4) is 0 Å². The minimum Gasteiger partial charge on any atom is -0.204 e. The Morgan fingerprint density at radius 2 is 0.288 bits per heavy atom. The molecule has 0 radical (unpaired) electrons. The first-order valence-electron chi connectivity index (χ1n) is 13.1. The van der Waals surface area contributed by atoms with E-state index in [0.717, 1.165) is 0 Å². The lowest BCUT2D eigenvalue weighted by Crippen LogP contribution is -2.58. The van der Waals surface area contributed by atoms with Crippen molar-refractivity contribution in [3.63, 3.8) is 0 Å². The third-order valence-electron chi connectivity index (χ3n) is 8.00. The number of rotatable bonds is 3. The van der Waals surface area contributed by atoms with Crippen LogP contribution in [-0.2, 0) is 0 Å². The smallest absolute Gasteiger partial charge is 0.204 e. The lowest BCUT2D eigenvalue weighted by atomic mass is 9.34. The molecule has 0 heterocycles. The summed E-state index contributed by atoms with van der Waals surface area (Å²) in [7, 11) is 0. The third-order valence-corrected chi connectivity index (χ3v) is 8.00. The zero-order valence-corrected chi connectivity index (χ0v) is 23.5. The quantitative estimate of drug-likeness (QED) is 0.0733. The van der Waals surface area contributed by atoms with Gasteiger partial charge in [0.1, 0.15) is 0 Å². The van der Waals surface area contributed by atoms with Gasteiger partial charge in [-0.15, -0.1) is 0 Å². The molecule has 0 fully saturated rings. The molecule has 0 amide bonds. The van der Waals surface area contributed by atoms with Crippen LogP contribution in [0, 0.1) is 122 Å². The maximum absolute atomic E-state index is 15.9. The van der Waals surface area contributed by atoms with Gasteiger partial charge >= 0.3 is 0 Å². The predicted molar refractivity (Wildman–Crippen MR) is 136 cm³/mol. The standard InChI is InChI=1S/C30BF21/c32-10-1-4(16(38)28(50)25(10)47)13(35)22(44)19(41)7(1)31(8-2-5(14(36)23(45)20(8)42)17(39)29(51)26(48)11(2)33)9-3-6(15(37)24(46)21(9)43)18(40)30(52)27(49)12(3)34. The van der Waals surface area contributed by atoms with Gasteiger partial charge in [-0.25, -0.2) is 92.2 Å². The van der Waals surface area contributed by atoms with E-state index in [0.29, 0.717) is 0 Å². The summed E-state index contributed by atoms with van der Waals surface area (Å²) < 4.78 is 315. The number of halogens is 21. The van der Waals surface area contributed by atoms with E-state index in [9.17, 15) is 52.7 Å². The Hall–Kier alpha value is -5.31. The molecule has 6 aromatic rings. The van der Waals surface area contributed by atoms with Crippen LogP contribution in [0.1, 0.15) is 0 Å². The summed E-state index contributed by atoms with van der Waals surface area (Å²) in [6, 6.07) is 0. The second kappa shape index (κ2) is 11.9. The predicted octanol–water partition coefficient (Wildman–Crippen LogP) is 8.58. The number of benzene rings is 6. The molecular weight excluding hydrogens is 770 g/mol. The summed E-state index contributed by atoms with van der Waals surface area (Å²) in [6.45, 7) is -4.40. The van der Waals surface area contributed by atoms with Gasteiger partial charge in [-0.3, -0.25) is 0 Å². The van der Waals surface area contributed by atoms with E-state index in [4.69, 9.17) is 0 Å². The highest BCUT2D eigenvalue weighted by molar-refractivity contribution is 6.99. The fraction of sp³-hybridized carbons (Fsp3) is 0. The van der Waals surface area contributed by atoms with E-state index in [1.807, 2.05) is 0 Å². The zero-order valence-electron chi connectivity index (χ0n) is 23.5. The first-order chi connectivity index (χ1) is 24.1. The summed E-state index contributed by atoms with van der Waals surface area (Å²) >= 11 is 0. The van der Waals surface area contributed by atoms with Crippen molar-refractivity contribution in [1.82, 2.24) is 0 Å². The maximum atomic E-state index is 15.9. The van der Waals surface area contributed by atoms with E-state index in [-0.39, 0.29) is 0 Å². The Labute approximate surface area is 270 Å². The van der Waals surface area contributed by atoms with E-state index >= 15 is 39.5 Å². The Morgan fingerprint density at radius 3 is 0.462 bits per heavy atom. The molecule has 0 aliphatic rings. The van der Waals surface area contributed by atoms with Gasteiger partial charge < -0.3 is 0 Å². The van der Waals surface area contributed by atoms with Crippen LogP contribution in [0.15, 0.2) is 0 Å². The minimum atomic E-state index is -4.40. The van der Waals surface area contributed by atoms with Crippen molar-refractivity contribution in [2.75, 3.05) is 0 Å². The topological polar surface area (TPSA) is 0 Å². The van der Waals surface area contributed by atoms with Crippen molar-refractivity contribution >= 4 is 55.4 Å². The molecule has 0 spiro atoms. The highest BCUT2D eigenvalue weighted by atomic mass is 19.2. The summed E-state index contributed by atoms with van der Waals surface area (Å²) in [4.78, 5) is 0. The Morgan fingerprint density at radius 1 is 0.154 bits per heavy atom. The first kappa shape index (κ1) is 36.5. The Kier molecular flexibility index (Phi) is 8.33. The molecule has 22 heteroatoms. The van der Waals surface area contributed by atoms with Gasteiger partial charge in [-0.2, -0.15) is 0 Å². The highest BCUT2D eigenvalue weighted by Gasteiger charge is 2.45. The summed E-state index contributed by atoms with van der Waals surface area (Å²) in [5.41, 5.74) is -8.60. The lowest BCUT2D eigenvalue weighted by Gasteiger charge is -2.25. The molecule has 0 aliphatic heterocycles. The largest absolute Gasteiger partial charge is 0.255 e. The first-order valence-corrected chi connectivity index (χ1v) is 13.1. The molecule has 6 aromatic carbocycles. The number of fused-ring (bicyclic) bond motifs is 3. The molecule has 0 unspecified atom stereocenters. The summed E-state index contributed by atoms with van der Waals surface area (Å²) in [5, 5.41) is -16.1. The average Bonchev–Trinajstić information content (AvgIpc) is 3.11. The molecule has 0 N–H and O–H groups in total. The van der Waals surface area contributed by atoms with Crippen LogP contribution >= 0.6 is 0 Å². The van der Waals surface area contributed by atoms with Crippen molar-refractivity contribution in [3.05, 3.63) is 122 Å². The molecule has 0 saturated heterocycles. The number of hydrogen-bond donors (Lipinski definition) is 0. The summed E-state index contributed by atoms with van der Waals surface area (Å²) in [5.74, 6) is -66.7. The fourth-order valence-corrected chi connectivity index (χ4v) is 5.82. The van der Waals surface area contributed by atoms with Gasteiger partial charge in [0, 0.05) is 16.2 Å². The van der Waals surface area contributed by atoms with E-state index < -0.39 is 178 Å². The van der Waals surface area contributed by atoms with Gasteiger partial charge in [-0.1, -0.05) is 0 Å². The fourth-order valence-electron chi connectivity index (χ4n) is 5.82. The number of hydrogen-bond acceptors (Lipinski definition) is 0. The zero-order chi connectivity index (χ0) is 38.9.